The van der Waals surface area contributed by atoms with Gasteiger partial charge in [-0.1, -0.05) is 0 Å². The van der Waals surface area contributed by atoms with Crippen LogP contribution in [0, 0.1) is 0 Å². The van der Waals surface area contributed by atoms with Crippen LogP contribution in [0.3, 0.4) is 0 Å². The van der Waals surface area contributed by atoms with Crippen molar-refractivity contribution in [2.45, 2.75) is 10.8 Å². The molecule has 0 saturated heterocycles. The number of nitrogens with one attached hydrogen (secondary N) is 1. The van der Waals surface area contributed by atoms with E-state index in [0.717, 1.165) is 4.88 Å². The molecule has 0 aliphatic carbocycles. The number of hydrogen-bond donors (Lipinski definition) is 2. The first kappa shape index (κ1) is 13.6. The molecular formula is C9H17N3O2S2. The molecule has 0 aliphatic heterocycles. The van der Waals surface area contributed by atoms with E-state index < -0.39 is 10.0 Å². The Morgan fingerprint density at radius 1 is 1.44 bits per heavy atom. The van der Waals surface area contributed by atoms with Crippen LogP contribution in [0.4, 0.5) is 0 Å². The largest absolute Gasteiger partial charge is 0.326 e. The summed E-state index contributed by atoms with van der Waals surface area (Å²) in [6.07, 6.45) is 0. The van der Waals surface area contributed by atoms with Gasteiger partial charge >= 0.3 is 0 Å². The van der Waals surface area contributed by atoms with Gasteiger partial charge in [0, 0.05) is 24.5 Å². The van der Waals surface area contributed by atoms with Crippen molar-refractivity contribution >= 4 is 21.4 Å². The van der Waals surface area contributed by atoms with Crippen molar-refractivity contribution in [1.29, 1.82) is 0 Å². The van der Waals surface area contributed by atoms with Crippen LogP contribution in [0.2, 0.25) is 0 Å². The molecule has 0 aromatic carbocycles. The van der Waals surface area contributed by atoms with Gasteiger partial charge in [0.25, 0.3) is 0 Å². The molecule has 92 valence electrons. The second kappa shape index (κ2) is 5.74. The van der Waals surface area contributed by atoms with Gasteiger partial charge in [0.2, 0.25) is 10.0 Å². The second-order valence-electron chi connectivity index (χ2n) is 3.63. The SMILES string of the molecule is CN(C)CCNS(=O)(=O)c1ccc(CN)s1. The highest BCUT2D eigenvalue weighted by atomic mass is 32.2. The summed E-state index contributed by atoms with van der Waals surface area (Å²) in [5.41, 5.74) is 5.43. The molecule has 1 aromatic heterocycles. The Labute approximate surface area is 100 Å². The second-order valence-corrected chi connectivity index (χ2v) is 6.79. The standard InChI is InChI=1S/C9H17N3O2S2/c1-12(2)6-5-11-16(13,14)9-4-3-8(7-10)15-9/h3-4,11H,5-7,10H2,1-2H3. The first-order valence-corrected chi connectivity index (χ1v) is 7.19. The van der Waals surface area contributed by atoms with Crippen LogP contribution < -0.4 is 10.5 Å². The average molecular weight is 263 g/mol. The topological polar surface area (TPSA) is 75.4 Å². The van der Waals surface area contributed by atoms with Gasteiger partial charge in [-0.25, -0.2) is 13.1 Å². The van der Waals surface area contributed by atoms with Gasteiger partial charge in [0.05, 0.1) is 0 Å². The number of sulfonamides is 1. The fourth-order valence-corrected chi connectivity index (χ4v) is 3.39. The van der Waals surface area contributed by atoms with Crippen LogP contribution in [0.25, 0.3) is 0 Å². The third kappa shape index (κ3) is 3.84. The van der Waals surface area contributed by atoms with Gasteiger partial charge in [-0.15, -0.1) is 11.3 Å². The fraction of sp³-hybridized carbons (Fsp3) is 0.556. The van der Waals surface area contributed by atoms with Crippen molar-refractivity contribution in [2.75, 3.05) is 27.2 Å². The molecule has 7 heteroatoms. The van der Waals surface area contributed by atoms with E-state index in [9.17, 15) is 8.42 Å². The fourth-order valence-electron chi connectivity index (χ4n) is 1.09. The van der Waals surface area contributed by atoms with E-state index in [1.807, 2.05) is 19.0 Å². The molecule has 0 aliphatic rings. The van der Waals surface area contributed by atoms with E-state index in [1.54, 1.807) is 12.1 Å². The van der Waals surface area contributed by atoms with Crippen LogP contribution in [0.5, 0.6) is 0 Å². The van der Waals surface area contributed by atoms with Crippen molar-refractivity contribution in [3.63, 3.8) is 0 Å². The summed E-state index contributed by atoms with van der Waals surface area (Å²) in [5, 5.41) is 0. The molecule has 3 N–H and O–H groups in total. The molecule has 0 fully saturated rings. The summed E-state index contributed by atoms with van der Waals surface area (Å²) in [4.78, 5) is 2.79. The molecule has 1 heterocycles. The normalized spacial score (nSPS) is 12.2. The number of likely N-dealkylation sites (N-methyl/N-ethyl adjacent to an activating group) is 1. The molecule has 16 heavy (non-hydrogen) atoms. The van der Waals surface area contributed by atoms with E-state index in [1.165, 1.54) is 11.3 Å². The molecule has 1 aromatic rings. The van der Waals surface area contributed by atoms with E-state index in [-0.39, 0.29) is 0 Å². The Morgan fingerprint density at radius 3 is 2.62 bits per heavy atom. The quantitative estimate of drug-likeness (QED) is 0.760. The van der Waals surface area contributed by atoms with E-state index in [0.29, 0.717) is 23.8 Å². The zero-order valence-corrected chi connectivity index (χ0v) is 11.1. The molecule has 0 spiro atoms. The first-order valence-electron chi connectivity index (χ1n) is 4.89. The Morgan fingerprint density at radius 2 is 2.12 bits per heavy atom. The van der Waals surface area contributed by atoms with Crippen LogP contribution in [0.15, 0.2) is 16.3 Å². The summed E-state index contributed by atoms with van der Waals surface area (Å²) < 4.78 is 26.4. The zero-order chi connectivity index (χ0) is 12.2. The molecule has 0 atom stereocenters. The summed E-state index contributed by atoms with van der Waals surface area (Å²) in [6, 6.07) is 3.33. The minimum atomic E-state index is -3.36. The maximum absolute atomic E-state index is 11.8. The minimum Gasteiger partial charge on any atom is -0.326 e. The number of nitrogens with zero attached hydrogens (tertiary/aromatic N) is 1. The highest BCUT2D eigenvalue weighted by Crippen LogP contribution is 2.20. The predicted molar refractivity (Wildman–Crippen MR) is 66.0 cm³/mol. The number of rotatable bonds is 6. The van der Waals surface area contributed by atoms with Crippen LogP contribution >= 0.6 is 11.3 Å². The van der Waals surface area contributed by atoms with Gasteiger partial charge in [-0.3, -0.25) is 0 Å². The van der Waals surface area contributed by atoms with Crippen LogP contribution in [-0.2, 0) is 16.6 Å². The van der Waals surface area contributed by atoms with Gasteiger partial charge in [-0.05, 0) is 26.2 Å². The lowest BCUT2D eigenvalue weighted by atomic mass is 10.5. The lowest BCUT2D eigenvalue weighted by molar-refractivity contribution is 0.412. The monoisotopic (exact) mass is 263 g/mol. The third-order valence-corrected chi connectivity index (χ3v) is 5.01. The van der Waals surface area contributed by atoms with Crippen LogP contribution in [-0.4, -0.2) is 40.5 Å². The third-order valence-electron chi connectivity index (χ3n) is 1.95. The predicted octanol–water partition coefficient (Wildman–Crippen LogP) is 0.0467. The maximum atomic E-state index is 11.8. The van der Waals surface area contributed by atoms with Crippen molar-refractivity contribution in [3.8, 4) is 0 Å². The van der Waals surface area contributed by atoms with Gasteiger partial charge in [-0.2, -0.15) is 0 Å². The minimum absolute atomic E-state index is 0.326. The Kier molecular flexibility index (Phi) is 4.88. The lowest BCUT2D eigenvalue weighted by Crippen LogP contribution is -2.30. The van der Waals surface area contributed by atoms with Crippen molar-refractivity contribution in [2.24, 2.45) is 5.73 Å². The van der Waals surface area contributed by atoms with Gasteiger partial charge in [0.15, 0.2) is 0 Å². The Bertz CT molecular complexity index is 426. The number of hydrogen-bond acceptors (Lipinski definition) is 5. The van der Waals surface area contributed by atoms with E-state index in [4.69, 9.17) is 5.73 Å². The molecule has 0 unspecified atom stereocenters. The molecule has 1 rings (SSSR count). The van der Waals surface area contributed by atoms with Crippen molar-refractivity contribution in [1.82, 2.24) is 9.62 Å². The zero-order valence-electron chi connectivity index (χ0n) is 9.43. The maximum Gasteiger partial charge on any atom is 0.250 e. The smallest absolute Gasteiger partial charge is 0.250 e. The van der Waals surface area contributed by atoms with E-state index >= 15 is 0 Å². The Hall–Kier alpha value is -0.470. The summed E-state index contributed by atoms with van der Waals surface area (Å²) in [7, 11) is 0.431. The summed E-state index contributed by atoms with van der Waals surface area (Å²) in [6.45, 7) is 1.46. The molecule has 0 amide bonds. The molecule has 0 bridgehead atoms. The molecule has 0 radical (unpaired) electrons. The molecule has 5 nitrogen and oxygen atoms in total. The van der Waals surface area contributed by atoms with Crippen LogP contribution in [0.1, 0.15) is 4.88 Å². The number of nitrogens with two attached hydrogens (primary N) is 1. The Balaban J connectivity index is 2.63. The molecule has 0 saturated carbocycles. The lowest BCUT2D eigenvalue weighted by Gasteiger charge is -2.09. The summed E-state index contributed by atoms with van der Waals surface area (Å²) >= 11 is 1.21. The highest BCUT2D eigenvalue weighted by Gasteiger charge is 2.15. The number of thiophene rings is 1. The first-order chi connectivity index (χ1) is 7.45. The van der Waals surface area contributed by atoms with Crippen molar-refractivity contribution < 1.29 is 8.42 Å². The average Bonchev–Trinajstić information content (AvgIpc) is 2.65. The van der Waals surface area contributed by atoms with Gasteiger partial charge < -0.3 is 10.6 Å². The highest BCUT2D eigenvalue weighted by molar-refractivity contribution is 7.91. The van der Waals surface area contributed by atoms with Gasteiger partial charge in [0.1, 0.15) is 4.21 Å². The van der Waals surface area contributed by atoms with Crippen molar-refractivity contribution in [3.05, 3.63) is 17.0 Å². The molecular weight excluding hydrogens is 246 g/mol. The summed E-state index contributed by atoms with van der Waals surface area (Å²) in [5.74, 6) is 0. The van der Waals surface area contributed by atoms with E-state index in [2.05, 4.69) is 4.72 Å².